The quantitative estimate of drug-likeness (QED) is 0.627. The topological polar surface area (TPSA) is 63.7 Å². The van der Waals surface area contributed by atoms with Gasteiger partial charge in [0.2, 0.25) is 0 Å². The monoisotopic (exact) mass is 459 g/mol. The van der Waals surface area contributed by atoms with Crippen LogP contribution in [-0.4, -0.2) is 34.7 Å². The van der Waals surface area contributed by atoms with E-state index in [4.69, 9.17) is 14.6 Å². The van der Waals surface area contributed by atoms with Crippen LogP contribution in [0.2, 0.25) is 0 Å². The van der Waals surface area contributed by atoms with E-state index in [1.54, 1.807) is 23.1 Å². The molecule has 0 aliphatic carbocycles. The molecule has 0 radical (unpaired) electrons. The van der Waals surface area contributed by atoms with Gasteiger partial charge in [0.05, 0.1) is 15.7 Å². The fraction of sp³-hybridized carbons (Fsp3) is 0.478. The van der Waals surface area contributed by atoms with Crippen LogP contribution in [0.5, 0.6) is 0 Å². The van der Waals surface area contributed by atoms with E-state index in [9.17, 15) is 4.79 Å². The second-order valence-electron chi connectivity index (χ2n) is 8.79. The second-order valence-corrected chi connectivity index (χ2v) is 10.7. The number of hydrogen-bond acceptors (Lipinski definition) is 7. The van der Waals surface area contributed by atoms with Crippen LogP contribution in [0.4, 0.5) is 4.79 Å². The summed E-state index contributed by atoms with van der Waals surface area (Å²) in [4.78, 5) is 24.6. The van der Waals surface area contributed by atoms with Gasteiger partial charge in [0.25, 0.3) is 0 Å². The van der Waals surface area contributed by atoms with Crippen molar-refractivity contribution in [2.75, 3.05) is 13.1 Å². The van der Waals surface area contributed by atoms with Gasteiger partial charge in [-0.05, 0) is 45.3 Å². The Kier molecular flexibility index (Phi) is 6.89. The van der Waals surface area contributed by atoms with Crippen LogP contribution in [0, 0.1) is 0 Å². The van der Waals surface area contributed by atoms with E-state index in [-0.39, 0.29) is 12.2 Å². The van der Waals surface area contributed by atoms with Gasteiger partial charge in [-0.2, -0.15) is 0 Å². The molecule has 1 N–H and O–H groups in total. The van der Waals surface area contributed by atoms with Crippen LogP contribution in [0.15, 0.2) is 46.8 Å². The normalized spacial score (nSPS) is 19.8. The SMILES string of the molecule is CC(C)(C)OC(=O)N1CCC(c2nc(CSC3=CC(c4ccccc4)ON3)cs2)CC1. The van der Waals surface area contributed by atoms with Crippen molar-refractivity contribution in [3.05, 3.63) is 63.1 Å². The number of nitrogens with zero attached hydrogens (tertiary/aromatic N) is 2. The fourth-order valence-corrected chi connectivity index (χ4v) is 5.45. The number of ether oxygens (including phenoxy) is 1. The lowest BCUT2D eigenvalue weighted by molar-refractivity contribution is 0.0204. The molecule has 4 rings (SSSR count). The molecular weight excluding hydrogens is 430 g/mol. The van der Waals surface area contributed by atoms with Crippen LogP contribution in [0.25, 0.3) is 0 Å². The zero-order chi connectivity index (χ0) is 21.8. The van der Waals surface area contributed by atoms with Gasteiger partial charge >= 0.3 is 6.09 Å². The average molecular weight is 460 g/mol. The van der Waals surface area contributed by atoms with E-state index < -0.39 is 5.60 Å². The number of benzene rings is 1. The van der Waals surface area contributed by atoms with Crippen LogP contribution in [-0.2, 0) is 15.3 Å². The number of carbonyl (C=O) groups is 1. The smallest absolute Gasteiger partial charge is 0.410 e. The second kappa shape index (κ2) is 9.63. The maximum atomic E-state index is 12.3. The molecule has 31 heavy (non-hydrogen) atoms. The highest BCUT2D eigenvalue weighted by Gasteiger charge is 2.28. The Morgan fingerprint density at radius 3 is 2.74 bits per heavy atom. The number of nitrogens with one attached hydrogen (secondary N) is 1. The maximum Gasteiger partial charge on any atom is 0.410 e. The summed E-state index contributed by atoms with van der Waals surface area (Å²) in [6, 6.07) is 10.2. The molecule has 2 aliphatic rings. The lowest BCUT2D eigenvalue weighted by Gasteiger charge is -2.32. The first-order valence-electron chi connectivity index (χ1n) is 10.6. The predicted molar refractivity (Wildman–Crippen MR) is 125 cm³/mol. The number of carbonyl (C=O) groups excluding carboxylic acids is 1. The molecule has 2 aromatic rings. The Labute approximate surface area is 192 Å². The standard InChI is InChI=1S/C23H29N3O3S2/c1-23(2,3)28-22(27)26-11-9-17(10-12-26)21-24-18(15-31-21)14-30-20-13-19(29-25-20)16-7-5-4-6-8-16/h4-8,13,15,17,19,25H,9-12,14H2,1-3H3. The largest absolute Gasteiger partial charge is 0.444 e. The zero-order valence-electron chi connectivity index (χ0n) is 18.2. The van der Waals surface area contributed by atoms with Gasteiger partial charge in [0.15, 0.2) is 0 Å². The fourth-order valence-electron chi connectivity index (χ4n) is 3.58. The molecule has 2 aliphatic heterocycles. The van der Waals surface area contributed by atoms with Gasteiger partial charge in [-0.3, -0.25) is 10.3 Å². The van der Waals surface area contributed by atoms with Crippen molar-refractivity contribution in [3.63, 3.8) is 0 Å². The van der Waals surface area contributed by atoms with E-state index in [1.807, 2.05) is 43.9 Å². The molecule has 0 saturated carbocycles. The Bertz CT molecular complexity index is 916. The van der Waals surface area contributed by atoms with Gasteiger partial charge in [-0.25, -0.2) is 9.78 Å². The third-order valence-electron chi connectivity index (χ3n) is 5.16. The van der Waals surface area contributed by atoms with Crippen molar-refractivity contribution in [3.8, 4) is 0 Å². The summed E-state index contributed by atoms with van der Waals surface area (Å²) < 4.78 is 5.49. The first-order valence-corrected chi connectivity index (χ1v) is 12.5. The van der Waals surface area contributed by atoms with Crippen LogP contribution in [0.1, 0.15) is 61.9 Å². The molecule has 8 heteroatoms. The number of amides is 1. The number of hydrogen-bond donors (Lipinski definition) is 1. The molecule has 0 spiro atoms. The first-order chi connectivity index (χ1) is 14.9. The molecule has 3 heterocycles. The van der Waals surface area contributed by atoms with Crippen molar-refractivity contribution in [2.45, 2.75) is 57.0 Å². The molecule has 1 unspecified atom stereocenters. The van der Waals surface area contributed by atoms with Crippen LogP contribution < -0.4 is 5.48 Å². The summed E-state index contributed by atoms with van der Waals surface area (Å²) in [5.74, 6) is 1.22. The van der Waals surface area contributed by atoms with E-state index >= 15 is 0 Å². The number of aromatic nitrogens is 1. The zero-order valence-corrected chi connectivity index (χ0v) is 19.8. The predicted octanol–water partition coefficient (Wildman–Crippen LogP) is 5.61. The lowest BCUT2D eigenvalue weighted by Crippen LogP contribution is -2.41. The number of hydroxylamine groups is 1. The molecule has 166 valence electrons. The molecule has 1 amide bonds. The summed E-state index contributed by atoms with van der Waals surface area (Å²) in [5, 5.41) is 4.34. The van der Waals surface area contributed by atoms with Gasteiger partial charge in [-0.15, -0.1) is 23.1 Å². The van der Waals surface area contributed by atoms with Crippen LogP contribution in [0.3, 0.4) is 0 Å². The highest BCUT2D eigenvalue weighted by atomic mass is 32.2. The average Bonchev–Trinajstić information content (AvgIpc) is 3.42. The first kappa shape index (κ1) is 22.2. The molecule has 0 bridgehead atoms. The van der Waals surface area contributed by atoms with E-state index in [0.29, 0.717) is 5.92 Å². The van der Waals surface area contributed by atoms with E-state index in [2.05, 4.69) is 29.1 Å². The van der Waals surface area contributed by atoms with Gasteiger partial charge in [-0.1, -0.05) is 30.3 Å². The third-order valence-corrected chi connectivity index (χ3v) is 7.18. The van der Waals surface area contributed by atoms with Gasteiger partial charge in [0.1, 0.15) is 11.7 Å². The third kappa shape index (κ3) is 6.02. The minimum atomic E-state index is -0.453. The lowest BCUT2D eigenvalue weighted by atomic mass is 9.98. The Balaban J connectivity index is 1.25. The number of piperidine rings is 1. The van der Waals surface area contributed by atoms with E-state index in [0.717, 1.165) is 48.0 Å². The van der Waals surface area contributed by atoms with Gasteiger partial charge in [0, 0.05) is 30.1 Å². The summed E-state index contributed by atoms with van der Waals surface area (Å²) in [5.41, 5.74) is 4.80. The molecular formula is C23H29N3O3S2. The Hall–Kier alpha value is -2.03. The van der Waals surface area contributed by atoms with Crippen molar-refractivity contribution in [1.82, 2.24) is 15.4 Å². The number of thiazole rings is 1. The highest BCUT2D eigenvalue weighted by Crippen LogP contribution is 2.34. The van der Waals surface area contributed by atoms with Crippen LogP contribution >= 0.6 is 23.1 Å². The van der Waals surface area contributed by atoms with Crippen molar-refractivity contribution >= 4 is 29.2 Å². The Morgan fingerprint density at radius 1 is 1.29 bits per heavy atom. The Morgan fingerprint density at radius 2 is 2.03 bits per heavy atom. The highest BCUT2D eigenvalue weighted by molar-refractivity contribution is 8.02. The minimum Gasteiger partial charge on any atom is -0.444 e. The maximum absolute atomic E-state index is 12.3. The van der Waals surface area contributed by atoms with Crippen molar-refractivity contribution < 1.29 is 14.4 Å². The summed E-state index contributed by atoms with van der Waals surface area (Å²) in [6.07, 6.45) is 3.71. The van der Waals surface area contributed by atoms with Crippen molar-refractivity contribution in [2.24, 2.45) is 0 Å². The molecule has 1 fully saturated rings. The summed E-state index contributed by atoms with van der Waals surface area (Å²) in [7, 11) is 0. The number of likely N-dealkylation sites (tertiary alicyclic amines) is 1. The molecule has 1 aromatic carbocycles. The molecule has 6 nitrogen and oxygen atoms in total. The number of rotatable bonds is 5. The van der Waals surface area contributed by atoms with E-state index in [1.165, 1.54) is 5.01 Å². The molecule has 1 atom stereocenters. The molecule has 1 saturated heterocycles. The summed E-state index contributed by atoms with van der Waals surface area (Å²) in [6.45, 7) is 7.14. The molecule has 1 aromatic heterocycles. The minimum absolute atomic E-state index is 0.0511. The van der Waals surface area contributed by atoms with Crippen molar-refractivity contribution in [1.29, 1.82) is 0 Å². The summed E-state index contributed by atoms with van der Waals surface area (Å²) >= 11 is 3.43. The van der Waals surface area contributed by atoms with Gasteiger partial charge < -0.3 is 9.64 Å². The number of thioether (sulfide) groups is 1.